The van der Waals surface area contributed by atoms with E-state index in [1.165, 1.54) is 24.0 Å². The molecule has 0 saturated carbocycles. The van der Waals surface area contributed by atoms with E-state index in [0.717, 1.165) is 37.3 Å². The van der Waals surface area contributed by atoms with Crippen LogP contribution in [0.1, 0.15) is 66.9 Å². The number of hydrogen-bond acceptors (Lipinski definition) is 3. The molecule has 138 valence electrons. The Morgan fingerprint density at radius 3 is 2.54 bits per heavy atom. The number of carbonyl (C=O) groups is 1. The number of nitrogens with one attached hydrogen (secondary N) is 1. The summed E-state index contributed by atoms with van der Waals surface area (Å²) in [6, 6.07) is 8.28. The molecule has 1 N–H and O–H groups in total. The first-order chi connectivity index (χ1) is 12.6. The van der Waals surface area contributed by atoms with Gasteiger partial charge in [0.1, 0.15) is 0 Å². The maximum atomic E-state index is 12.9. The molecule has 1 fully saturated rings. The van der Waals surface area contributed by atoms with Crippen LogP contribution in [0.25, 0.3) is 0 Å². The van der Waals surface area contributed by atoms with Gasteiger partial charge in [-0.2, -0.15) is 0 Å². The first-order valence-corrected chi connectivity index (χ1v) is 9.67. The maximum Gasteiger partial charge on any atom is 0.255 e. The van der Waals surface area contributed by atoms with Crippen LogP contribution in [0.5, 0.6) is 0 Å². The van der Waals surface area contributed by atoms with Crippen LogP contribution in [0, 0.1) is 6.92 Å². The van der Waals surface area contributed by atoms with Crippen molar-refractivity contribution < 1.29 is 4.79 Å². The van der Waals surface area contributed by atoms with Gasteiger partial charge in [0.05, 0.1) is 17.4 Å². The fourth-order valence-electron chi connectivity index (χ4n) is 3.57. The van der Waals surface area contributed by atoms with E-state index in [1.807, 2.05) is 11.0 Å². The summed E-state index contributed by atoms with van der Waals surface area (Å²) in [5, 5.41) is 3.50. The molecule has 3 rings (SSSR count). The Kier molecular flexibility index (Phi) is 5.92. The molecule has 0 radical (unpaired) electrons. The lowest BCUT2D eigenvalue weighted by atomic mass is 9.98. The van der Waals surface area contributed by atoms with Crippen molar-refractivity contribution in [2.45, 2.75) is 52.4 Å². The molecule has 2 aromatic rings. The molecule has 4 nitrogen and oxygen atoms in total. The molecule has 1 aromatic heterocycles. The molecule has 26 heavy (non-hydrogen) atoms. The highest BCUT2D eigenvalue weighted by Gasteiger charge is 2.18. The fraction of sp³-hybridized carbons (Fsp3) is 0.455. The van der Waals surface area contributed by atoms with Crippen molar-refractivity contribution in [3.8, 4) is 0 Å². The summed E-state index contributed by atoms with van der Waals surface area (Å²) in [5.41, 5.74) is 5.11. The summed E-state index contributed by atoms with van der Waals surface area (Å²) < 4.78 is 0. The van der Waals surface area contributed by atoms with E-state index in [-0.39, 0.29) is 5.91 Å². The molecule has 1 aliphatic heterocycles. The van der Waals surface area contributed by atoms with Crippen molar-refractivity contribution in [1.82, 2.24) is 9.88 Å². The highest BCUT2D eigenvalue weighted by Crippen LogP contribution is 2.30. The molecule has 0 unspecified atom stereocenters. The van der Waals surface area contributed by atoms with E-state index in [9.17, 15) is 4.79 Å². The number of pyridine rings is 1. The Bertz CT molecular complexity index is 762. The van der Waals surface area contributed by atoms with Crippen LogP contribution in [0.15, 0.2) is 36.7 Å². The predicted octanol–water partition coefficient (Wildman–Crippen LogP) is 5.27. The lowest BCUT2D eigenvalue weighted by Gasteiger charge is -2.21. The first kappa shape index (κ1) is 18.4. The van der Waals surface area contributed by atoms with Gasteiger partial charge in [0.25, 0.3) is 5.91 Å². The third-order valence-corrected chi connectivity index (χ3v) is 5.07. The Balaban J connectivity index is 1.83. The van der Waals surface area contributed by atoms with Crippen molar-refractivity contribution in [1.29, 1.82) is 0 Å². The lowest BCUT2D eigenvalue weighted by Crippen LogP contribution is -2.31. The van der Waals surface area contributed by atoms with Gasteiger partial charge in [-0.25, -0.2) is 0 Å². The molecule has 1 aromatic carbocycles. The van der Waals surface area contributed by atoms with Crippen molar-refractivity contribution >= 4 is 17.3 Å². The summed E-state index contributed by atoms with van der Waals surface area (Å²) in [7, 11) is 0. The number of nitrogens with zero attached hydrogens (tertiary/aromatic N) is 2. The molecule has 4 heteroatoms. The van der Waals surface area contributed by atoms with Crippen LogP contribution < -0.4 is 5.32 Å². The molecule has 0 aliphatic carbocycles. The van der Waals surface area contributed by atoms with Crippen LogP contribution >= 0.6 is 0 Å². The topological polar surface area (TPSA) is 45.2 Å². The van der Waals surface area contributed by atoms with Crippen molar-refractivity contribution in [2.75, 3.05) is 18.4 Å². The summed E-state index contributed by atoms with van der Waals surface area (Å²) in [4.78, 5) is 19.1. The molecule has 1 aliphatic rings. The van der Waals surface area contributed by atoms with Gasteiger partial charge in [0, 0.05) is 25.0 Å². The largest absolute Gasteiger partial charge is 0.354 e. The van der Waals surface area contributed by atoms with E-state index >= 15 is 0 Å². The van der Waals surface area contributed by atoms with Gasteiger partial charge >= 0.3 is 0 Å². The van der Waals surface area contributed by atoms with Gasteiger partial charge in [-0.05, 0) is 42.9 Å². The van der Waals surface area contributed by atoms with Crippen LogP contribution in [-0.4, -0.2) is 28.9 Å². The highest BCUT2D eigenvalue weighted by atomic mass is 16.2. The second kappa shape index (κ2) is 8.35. The SMILES string of the molecule is Cc1cccc(C(C)C)c1Nc1cncc(C(=O)N2CCCCCC2)c1. The molecule has 0 atom stereocenters. The summed E-state index contributed by atoms with van der Waals surface area (Å²) in [6.07, 6.45) is 8.09. The summed E-state index contributed by atoms with van der Waals surface area (Å²) >= 11 is 0. The molecule has 0 bridgehead atoms. The van der Waals surface area contributed by atoms with E-state index < -0.39 is 0 Å². The molecule has 0 spiro atoms. The fourth-order valence-corrected chi connectivity index (χ4v) is 3.57. The zero-order valence-corrected chi connectivity index (χ0v) is 16.1. The van der Waals surface area contributed by atoms with Gasteiger partial charge in [0.15, 0.2) is 0 Å². The number of benzene rings is 1. The minimum Gasteiger partial charge on any atom is -0.354 e. The van der Waals surface area contributed by atoms with Gasteiger partial charge in [-0.3, -0.25) is 9.78 Å². The summed E-state index contributed by atoms with van der Waals surface area (Å²) in [6.45, 7) is 8.19. The number of carbonyl (C=O) groups excluding carboxylic acids is 1. The molecular formula is C22H29N3O. The third kappa shape index (κ3) is 4.24. The number of para-hydroxylation sites is 1. The minimum absolute atomic E-state index is 0.0944. The highest BCUT2D eigenvalue weighted by molar-refractivity contribution is 5.95. The van der Waals surface area contributed by atoms with E-state index in [2.05, 4.69) is 49.3 Å². The Morgan fingerprint density at radius 2 is 1.85 bits per heavy atom. The minimum atomic E-state index is 0.0944. The number of likely N-dealkylation sites (tertiary alicyclic amines) is 1. The average Bonchev–Trinajstić information content (AvgIpc) is 2.92. The number of anilines is 2. The quantitative estimate of drug-likeness (QED) is 0.816. The first-order valence-electron chi connectivity index (χ1n) is 9.67. The second-order valence-electron chi connectivity index (χ2n) is 7.49. The van der Waals surface area contributed by atoms with E-state index in [1.54, 1.807) is 12.4 Å². The number of aromatic nitrogens is 1. The van der Waals surface area contributed by atoms with Crippen molar-refractivity contribution in [3.05, 3.63) is 53.3 Å². The zero-order valence-electron chi connectivity index (χ0n) is 16.1. The zero-order chi connectivity index (χ0) is 18.5. The van der Waals surface area contributed by atoms with Gasteiger partial charge < -0.3 is 10.2 Å². The number of amides is 1. The monoisotopic (exact) mass is 351 g/mol. The van der Waals surface area contributed by atoms with Crippen LogP contribution in [0.4, 0.5) is 11.4 Å². The van der Waals surface area contributed by atoms with Crippen molar-refractivity contribution in [2.24, 2.45) is 0 Å². The Morgan fingerprint density at radius 1 is 1.12 bits per heavy atom. The number of hydrogen-bond donors (Lipinski definition) is 1. The Hall–Kier alpha value is -2.36. The lowest BCUT2D eigenvalue weighted by molar-refractivity contribution is 0.0761. The normalized spacial score (nSPS) is 15.0. The molecule has 2 heterocycles. The smallest absolute Gasteiger partial charge is 0.255 e. The van der Waals surface area contributed by atoms with Crippen LogP contribution in [0.3, 0.4) is 0 Å². The number of aryl methyl sites for hydroxylation is 1. The average molecular weight is 351 g/mol. The standard InChI is InChI=1S/C22H29N3O/c1-16(2)20-10-8-9-17(3)21(20)24-19-13-18(14-23-15-19)22(26)25-11-6-4-5-7-12-25/h8-10,13-16,24H,4-7,11-12H2,1-3H3. The van der Waals surface area contributed by atoms with Gasteiger partial charge in [-0.15, -0.1) is 0 Å². The van der Waals surface area contributed by atoms with E-state index in [0.29, 0.717) is 11.5 Å². The Labute approximate surface area is 156 Å². The molecule has 1 amide bonds. The second-order valence-corrected chi connectivity index (χ2v) is 7.49. The molecule has 1 saturated heterocycles. The maximum absolute atomic E-state index is 12.9. The van der Waals surface area contributed by atoms with Crippen LogP contribution in [-0.2, 0) is 0 Å². The number of rotatable bonds is 4. The third-order valence-electron chi connectivity index (χ3n) is 5.07. The van der Waals surface area contributed by atoms with Gasteiger partial charge in [0.2, 0.25) is 0 Å². The van der Waals surface area contributed by atoms with E-state index in [4.69, 9.17) is 0 Å². The van der Waals surface area contributed by atoms with Crippen molar-refractivity contribution in [3.63, 3.8) is 0 Å². The molecular weight excluding hydrogens is 322 g/mol. The van der Waals surface area contributed by atoms with Crippen LogP contribution in [0.2, 0.25) is 0 Å². The predicted molar refractivity (Wildman–Crippen MR) is 107 cm³/mol. The van der Waals surface area contributed by atoms with Gasteiger partial charge in [-0.1, -0.05) is 44.9 Å². The summed E-state index contributed by atoms with van der Waals surface area (Å²) in [5.74, 6) is 0.518.